The van der Waals surface area contributed by atoms with Gasteiger partial charge in [-0.15, -0.1) is 11.8 Å². The fourth-order valence-electron chi connectivity index (χ4n) is 2.28. The molecule has 0 atom stereocenters. The zero-order valence-corrected chi connectivity index (χ0v) is 14.1. The van der Waals surface area contributed by atoms with E-state index in [1.54, 1.807) is 23.9 Å². The van der Waals surface area contributed by atoms with Gasteiger partial charge in [0.2, 0.25) is 10.0 Å². The molecule has 0 fully saturated rings. The van der Waals surface area contributed by atoms with Crippen LogP contribution in [0.25, 0.3) is 10.8 Å². The summed E-state index contributed by atoms with van der Waals surface area (Å²) in [5, 5.41) is 1.96. The van der Waals surface area contributed by atoms with Crippen molar-refractivity contribution < 1.29 is 8.42 Å². The lowest BCUT2D eigenvalue weighted by atomic mass is 10.1. The van der Waals surface area contributed by atoms with Gasteiger partial charge in [-0.2, -0.15) is 0 Å². The summed E-state index contributed by atoms with van der Waals surface area (Å²) in [6.07, 6.45) is 0. The first-order chi connectivity index (χ1) is 11.1. The highest BCUT2D eigenvalue weighted by molar-refractivity contribution is 7.99. The number of rotatable bonds is 6. The summed E-state index contributed by atoms with van der Waals surface area (Å²) < 4.78 is 27.4. The Bertz CT molecular complexity index is 893. The van der Waals surface area contributed by atoms with Crippen LogP contribution in [-0.4, -0.2) is 14.3 Å². The van der Waals surface area contributed by atoms with Crippen molar-refractivity contribution in [1.29, 1.82) is 0 Å². The Morgan fingerprint density at radius 2 is 1.52 bits per heavy atom. The maximum atomic E-state index is 12.4. The van der Waals surface area contributed by atoms with E-state index in [1.165, 1.54) is 5.56 Å². The minimum absolute atomic E-state index is 0.302. The molecular weight excluding hydrogens is 326 g/mol. The molecule has 1 N–H and O–H groups in total. The number of thioether (sulfide) groups is 1. The van der Waals surface area contributed by atoms with Gasteiger partial charge in [0.05, 0.1) is 10.8 Å². The molecule has 23 heavy (non-hydrogen) atoms. The topological polar surface area (TPSA) is 46.2 Å². The average Bonchev–Trinajstić information content (AvgIpc) is 2.59. The first-order valence-electron chi connectivity index (χ1n) is 7.25. The molecule has 0 radical (unpaired) electrons. The molecule has 0 aromatic heterocycles. The number of sulfonamides is 1. The fraction of sp³-hybridized carbons (Fsp3) is 0.111. The minimum Gasteiger partial charge on any atom is -0.207 e. The third-order valence-electron chi connectivity index (χ3n) is 3.49. The first-order valence-corrected chi connectivity index (χ1v) is 9.89. The average molecular weight is 343 g/mol. The van der Waals surface area contributed by atoms with E-state index in [9.17, 15) is 8.42 Å². The highest BCUT2D eigenvalue weighted by Crippen LogP contribution is 2.19. The molecule has 0 aliphatic rings. The predicted molar refractivity (Wildman–Crippen MR) is 96.9 cm³/mol. The Hall–Kier alpha value is -1.82. The van der Waals surface area contributed by atoms with Crippen LogP contribution in [0.3, 0.4) is 0 Å². The summed E-state index contributed by atoms with van der Waals surface area (Å²) in [5.41, 5.74) is 1.18. The Morgan fingerprint density at radius 1 is 0.826 bits per heavy atom. The summed E-state index contributed by atoms with van der Waals surface area (Å²) in [4.78, 5) is 0.302. The van der Waals surface area contributed by atoms with Crippen molar-refractivity contribution in [3.63, 3.8) is 0 Å². The molecule has 3 aromatic carbocycles. The number of hydrogen-bond acceptors (Lipinski definition) is 3. The Morgan fingerprint density at radius 3 is 2.30 bits per heavy atom. The van der Waals surface area contributed by atoms with Gasteiger partial charge in [-0.1, -0.05) is 60.7 Å². The van der Waals surface area contributed by atoms with Crippen LogP contribution in [0, 0.1) is 0 Å². The van der Waals surface area contributed by atoms with Crippen LogP contribution in [0.2, 0.25) is 0 Å². The lowest BCUT2D eigenvalue weighted by molar-refractivity contribution is 0.587. The monoisotopic (exact) mass is 343 g/mol. The number of hydrogen-bond donors (Lipinski definition) is 1. The van der Waals surface area contributed by atoms with Crippen molar-refractivity contribution in [2.75, 3.05) is 5.88 Å². The Balaban J connectivity index is 1.63. The van der Waals surface area contributed by atoms with Crippen LogP contribution < -0.4 is 4.72 Å². The minimum atomic E-state index is -3.48. The van der Waals surface area contributed by atoms with Crippen molar-refractivity contribution in [1.82, 2.24) is 4.72 Å². The highest BCUT2D eigenvalue weighted by Gasteiger charge is 2.13. The summed E-state index contributed by atoms with van der Waals surface area (Å²) in [6.45, 7) is 0. The summed E-state index contributed by atoms with van der Waals surface area (Å²) in [5.74, 6) is 1.13. The largest absolute Gasteiger partial charge is 0.241 e. The zero-order valence-electron chi connectivity index (χ0n) is 12.5. The zero-order chi connectivity index (χ0) is 16.1. The van der Waals surface area contributed by atoms with Gasteiger partial charge in [-0.3, -0.25) is 0 Å². The number of nitrogens with one attached hydrogen (secondary N) is 1. The standard InChI is InChI=1S/C18H17NO2S2/c20-23(21,19-14-22-13-15-6-2-1-3-7-15)18-11-10-16-8-4-5-9-17(16)12-18/h1-12,19H,13-14H2. The van der Waals surface area contributed by atoms with E-state index in [1.807, 2.05) is 60.7 Å². The van der Waals surface area contributed by atoms with E-state index in [-0.39, 0.29) is 0 Å². The van der Waals surface area contributed by atoms with E-state index in [0.717, 1.165) is 16.5 Å². The van der Waals surface area contributed by atoms with E-state index in [2.05, 4.69) is 4.72 Å². The molecule has 0 aliphatic heterocycles. The summed E-state index contributed by atoms with van der Waals surface area (Å²) in [7, 11) is -3.48. The quantitative estimate of drug-likeness (QED) is 0.543. The number of benzene rings is 3. The van der Waals surface area contributed by atoms with Crippen molar-refractivity contribution in [3.05, 3.63) is 78.4 Å². The van der Waals surface area contributed by atoms with Crippen LogP contribution >= 0.6 is 11.8 Å². The summed E-state index contributed by atoms with van der Waals surface area (Å²) >= 11 is 1.54. The second-order valence-electron chi connectivity index (χ2n) is 5.14. The van der Waals surface area contributed by atoms with Crippen LogP contribution in [0.4, 0.5) is 0 Å². The smallest absolute Gasteiger partial charge is 0.207 e. The third-order valence-corrected chi connectivity index (χ3v) is 5.96. The fourth-order valence-corrected chi connectivity index (χ4v) is 4.46. The van der Waals surface area contributed by atoms with Crippen molar-refractivity contribution in [2.45, 2.75) is 10.6 Å². The van der Waals surface area contributed by atoms with Crippen LogP contribution in [0.15, 0.2) is 77.7 Å². The predicted octanol–water partition coefficient (Wildman–Crippen LogP) is 4.01. The molecule has 0 unspecified atom stereocenters. The van der Waals surface area contributed by atoms with E-state index in [4.69, 9.17) is 0 Å². The maximum absolute atomic E-state index is 12.4. The SMILES string of the molecule is O=S(=O)(NCSCc1ccccc1)c1ccc2ccccc2c1. The lowest BCUT2D eigenvalue weighted by Crippen LogP contribution is -2.23. The van der Waals surface area contributed by atoms with Gasteiger partial charge in [0, 0.05) is 5.75 Å². The van der Waals surface area contributed by atoms with Crippen LogP contribution in [0.1, 0.15) is 5.56 Å². The van der Waals surface area contributed by atoms with E-state index >= 15 is 0 Å². The van der Waals surface area contributed by atoms with Gasteiger partial charge < -0.3 is 0 Å². The second kappa shape index (κ2) is 7.17. The summed E-state index contributed by atoms with van der Waals surface area (Å²) in [6, 6.07) is 22.9. The molecule has 0 amide bonds. The molecule has 0 heterocycles. The van der Waals surface area contributed by atoms with Crippen LogP contribution in [-0.2, 0) is 15.8 Å². The normalized spacial score (nSPS) is 11.7. The number of fused-ring (bicyclic) bond motifs is 1. The maximum Gasteiger partial charge on any atom is 0.241 e. The van der Waals surface area contributed by atoms with Crippen molar-refractivity contribution in [2.24, 2.45) is 0 Å². The van der Waals surface area contributed by atoms with Crippen LogP contribution in [0.5, 0.6) is 0 Å². The van der Waals surface area contributed by atoms with Crippen molar-refractivity contribution >= 4 is 32.6 Å². The molecule has 3 rings (SSSR count). The van der Waals surface area contributed by atoms with Crippen molar-refractivity contribution in [3.8, 4) is 0 Å². The first kappa shape index (κ1) is 16.1. The Labute approximate surface area is 140 Å². The third kappa shape index (κ3) is 4.13. The molecule has 118 valence electrons. The second-order valence-corrected chi connectivity index (χ2v) is 7.89. The highest BCUT2D eigenvalue weighted by atomic mass is 32.2. The molecule has 3 nitrogen and oxygen atoms in total. The lowest BCUT2D eigenvalue weighted by Gasteiger charge is -2.08. The van der Waals surface area contributed by atoms with Gasteiger partial charge in [-0.25, -0.2) is 13.1 Å². The molecule has 0 saturated heterocycles. The van der Waals surface area contributed by atoms with E-state index < -0.39 is 10.0 Å². The molecular formula is C18H17NO2S2. The Kier molecular flexibility index (Phi) is 5.00. The van der Waals surface area contributed by atoms with Gasteiger partial charge >= 0.3 is 0 Å². The molecule has 3 aromatic rings. The molecule has 0 saturated carbocycles. The van der Waals surface area contributed by atoms with Gasteiger partial charge in [-0.05, 0) is 28.5 Å². The van der Waals surface area contributed by atoms with Gasteiger partial charge in [0.1, 0.15) is 0 Å². The molecule has 0 spiro atoms. The molecule has 5 heteroatoms. The molecule has 0 bridgehead atoms. The van der Waals surface area contributed by atoms with Gasteiger partial charge in [0.15, 0.2) is 0 Å². The van der Waals surface area contributed by atoms with Gasteiger partial charge in [0.25, 0.3) is 0 Å². The molecule has 0 aliphatic carbocycles. The van der Waals surface area contributed by atoms with E-state index in [0.29, 0.717) is 10.8 Å².